The number of likely N-dealkylation sites (N-methyl/N-ethyl adjacent to an activating group) is 1. The van der Waals surface area contributed by atoms with Crippen LogP contribution in [0.2, 0.25) is 5.02 Å². The van der Waals surface area contributed by atoms with E-state index >= 15 is 0 Å². The Balaban J connectivity index is 1.69. The second kappa shape index (κ2) is 9.04. The number of hydrogen-bond acceptors (Lipinski definition) is 3. The molecule has 6 heteroatoms. The molecule has 1 aromatic rings. The van der Waals surface area contributed by atoms with E-state index in [4.69, 9.17) is 11.6 Å². The summed E-state index contributed by atoms with van der Waals surface area (Å²) in [5.41, 5.74) is 0.913. The molecule has 0 aromatic heterocycles. The molecule has 0 bridgehead atoms. The quantitative estimate of drug-likeness (QED) is 0.764. The van der Waals surface area contributed by atoms with Gasteiger partial charge in [-0.15, -0.1) is 0 Å². The lowest BCUT2D eigenvalue weighted by molar-refractivity contribution is -0.133. The van der Waals surface area contributed by atoms with Crippen molar-refractivity contribution in [3.05, 3.63) is 34.9 Å². The van der Waals surface area contributed by atoms with Crippen molar-refractivity contribution in [3.63, 3.8) is 0 Å². The smallest absolute Gasteiger partial charge is 0.239 e. The number of halogens is 1. The summed E-state index contributed by atoms with van der Waals surface area (Å²) in [5.74, 6) is 0.178. The second-order valence-corrected chi connectivity index (χ2v) is 6.87. The maximum atomic E-state index is 12.1. The first-order valence-corrected chi connectivity index (χ1v) is 8.81. The fourth-order valence-electron chi connectivity index (χ4n) is 3.08. The molecule has 1 N–H and O–H groups in total. The van der Waals surface area contributed by atoms with Gasteiger partial charge in [-0.3, -0.25) is 14.5 Å². The van der Waals surface area contributed by atoms with Crippen molar-refractivity contribution in [2.24, 2.45) is 0 Å². The lowest BCUT2D eigenvalue weighted by Crippen LogP contribution is -2.43. The van der Waals surface area contributed by atoms with Crippen molar-refractivity contribution in [1.29, 1.82) is 0 Å². The first-order chi connectivity index (χ1) is 11.5. The SMILES string of the molecule is CN(C)C(=O)C1CCCN1CCCNC(=O)Cc1cccc(Cl)c1. The summed E-state index contributed by atoms with van der Waals surface area (Å²) in [6.07, 6.45) is 3.17. The molecule has 1 aliphatic rings. The molecule has 132 valence electrons. The first kappa shape index (κ1) is 18.7. The molecule has 24 heavy (non-hydrogen) atoms. The maximum Gasteiger partial charge on any atom is 0.239 e. The molecule has 5 nitrogen and oxygen atoms in total. The number of nitrogens with one attached hydrogen (secondary N) is 1. The summed E-state index contributed by atoms with van der Waals surface area (Å²) in [6, 6.07) is 7.35. The maximum absolute atomic E-state index is 12.1. The molecule has 1 fully saturated rings. The van der Waals surface area contributed by atoms with Gasteiger partial charge in [0.25, 0.3) is 0 Å². The molecule has 1 aromatic carbocycles. The molecule has 0 radical (unpaired) electrons. The molecule has 0 spiro atoms. The minimum absolute atomic E-state index is 0.000364. The van der Waals surface area contributed by atoms with Crippen molar-refractivity contribution >= 4 is 23.4 Å². The Morgan fingerprint density at radius 2 is 2.17 bits per heavy atom. The molecule has 2 amide bonds. The van der Waals surface area contributed by atoms with Crippen molar-refractivity contribution in [2.75, 3.05) is 33.7 Å². The fraction of sp³-hybridized carbons (Fsp3) is 0.556. The van der Waals surface area contributed by atoms with E-state index < -0.39 is 0 Å². The molecule has 1 atom stereocenters. The van der Waals surface area contributed by atoms with Crippen molar-refractivity contribution in [3.8, 4) is 0 Å². The lowest BCUT2D eigenvalue weighted by Gasteiger charge is -2.26. The fourth-order valence-corrected chi connectivity index (χ4v) is 3.29. The van der Waals surface area contributed by atoms with Gasteiger partial charge in [-0.2, -0.15) is 0 Å². The lowest BCUT2D eigenvalue weighted by atomic mass is 10.1. The molecular weight excluding hydrogens is 326 g/mol. The largest absolute Gasteiger partial charge is 0.356 e. The summed E-state index contributed by atoms with van der Waals surface area (Å²) < 4.78 is 0. The Morgan fingerprint density at radius 1 is 1.38 bits per heavy atom. The number of hydrogen-bond donors (Lipinski definition) is 1. The Morgan fingerprint density at radius 3 is 2.88 bits per heavy atom. The summed E-state index contributed by atoms with van der Waals surface area (Å²) in [5, 5.41) is 3.58. The highest BCUT2D eigenvalue weighted by Crippen LogP contribution is 2.18. The highest BCUT2D eigenvalue weighted by atomic mass is 35.5. The molecule has 0 saturated carbocycles. The van der Waals surface area contributed by atoms with Crippen LogP contribution in [0.25, 0.3) is 0 Å². The highest BCUT2D eigenvalue weighted by Gasteiger charge is 2.30. The molecule has 1 saturated heterocycles. The van der Waals surface area contributed by atoms with Gasteiger partial charge >= 0.3 is 0 Å². The van der Waals surface area contributed by atoms with Crippen LogP contribution in [0.5, 0.6) is 0 Å². The van der Waals surface area contributed by atoms with Gasteiger partial charge in [0.15, 0.2) is 0 Å². The zero-order valence-corrected chi connectivity index (χ0v) is 15.2. The molecule has 1 unspecified atom stereocenters. The van der Waals surface area contributed by atoms with Crippen LogP contribution in [0.4, 0.5) is 0 Å². The van der Waals surface area contributed by atoms with Crippen LogP contribution in [0.1, 0.15) is 24.8 Å². The second-order valence-electron chi connectivity index (χ2n) is 6.44. The van der Waals surface area contributed by atoms with Gasteiger partial charge in [0.1, 0.15) is 0 Å². The third-order valence-electron chi connectivity index (χ3n) is 4.29. The third kappa shape index (κ3) is 5.49. The molecule has 0 aliphatic carbocycles. The van der Waals surface area contributed by atoms with Gasteiger partial charge in [-0.1, -0.05) is 23.7 Å². The number of nitrogens with zero attached hydrogens (tertiary/aromatic N) is 2. The van der Waals surface area contributed by atoms with Gasteiger partial charge in [0.05, 0.1) is 12.5 Å². The average Bonchev–Trinajstić information content (AvgIpc) is 2.99. The number of amides is 2. The molecule has 1 heterocycles. The summed E-state index contributed by atoms with van der Waals surface area (Å²) >= 11 is 5.92. The predicted molar refractivity (Wildman–Crippen MR) is 96.1 cm³/mol. The van der Waals surface area contributed by atoms with Gasteiger partial charge in [0, 0.05) is 32.2 Å². The summed E-state index contributed by atoms with van der Waals surface area (Å²) in [6.45, 7) is 2.42. The Bertz CT molecular complexity index is 577. The zero-order valence-electron chi connectivity index (χ0n) is 14.4. The van der Waals surface area contributed by atoms with Gasteiger partial charge in [-0.05, 0) is 43.5 Å². The van der Waals surface area contributed by atoms with Crippen LogP contribution < -0.4 is 5.32 Å². The van der Waals surface area contributed by atoms with E-state index in [9.17, 15) is 9.59 Å². The number of carbonyl (C=O) groups excluding carboxylic acids is 2. The van der Waals surface area contributed by atoms with Crippen LogP contribution >= 0.6 is 11.6 Å². The van der Waals surface area contributed by atoms with Crippen LogP contribution in [0.15, 0.2) is 24.3 Å². The predicted octanol–water partition coefficient (Wildman–Crippen LogP) is 1.94. The Kier molecular flexibility index (Phi) is 7.06. The molecular formula is C18H26ClN3O2. The van der Waals surface area contributed by atoms with E-state index in [0.29, 0.717) is 18.0 Å². The van der Waals surface area contributed by atoms with Crippen LogP contribution in [-0.4, -0.2) is 61.4 Å². The van der Waals surface area contributed by atoms with E-state index in [2.05, 4.69) is 10.2 Å². The van der Waals surface area contributed by atoms with Crippen molar-refractivity contribution in [1.82, 2.24) is 15.1 Å². The van der Waals surface area contributed by atoms with Gasteiger partial charge in [0.2, 0.25) is 11.8 Å². The van der Waals surface area contributed by atoms with E-state index in [-0.39, 0.29) is 17.9 Å². The van der Waals surface area contributed by atoms with Gasteiger partial charge in [-0.25, -0.2) is 0 Å². The molecule has 2 rings (SSSR count). The Labute approximate surface area is 149 Å². The minimum atomic E-state index is -0.000364. The minimum Gasteiger partial charge on any atom is -0.356 e. The van der Waals surface area contributed by atoms with Crippen LogP contribution in [-0.2, 0) is 16.0 Å². The molecule has 1 aliphatic heterocycles. The topological polar surface area (TPSA) is 52.7 Å². The van der Waals surface area contributed by atoms with Crippen molar-refractivity contribution < 1.29 is 9.59 Å². The van der Waals surface area contributed by atoms with E-state index in [1.165, 1.54) is 0 Å². The first-order valence-electron chi connectivity index (χ1n) is 8.43. The van der Waals surface area contributed by atoms with E-state index in [0.717, 1.165) is 37.9 Å². The standard InChI is InChI=1S/C18H26ClN3O2/c1-21(2)18(24)16-8-4-10-22(16)11-5-9-20-17(23)13-14-6-3-7-15(19)12-14/h3,6-7,12,16H,4-5,8-11,13H2,1-2H3,(H,20,23). The van der Waals surface area contributed by atoms with E-state index in [1.807, 2.05) is 18.2 Å². The van der Waals surface area contributed by atoms with Crippen LogP contribution in [0, 0.1) is 0 Å². The zero-order chi connectivity index (χ0) is 17.5. The number of benzene rings is 1. The van der Waals surface area contributed by atoms with Crippen LogP contribution in [0.3, 0.4) is 0 Å². The van der Waals surface area contributed by atoms with Gasteiger partial charge < -0.3 is 10.2 Å². The number of likely N-dealkylation sites (tertiary alicyclic amines) is 1. The summed E-state index contributed by atoms with van der Waals surface area (Å²) in [7, 11) is 3.60. The number of rotatable bonds is 7. The Hall–Kier alpha value is -1.59. The van der Waals surface area contributed by atoms with E-state index in [1.54, 1.807) is 25.1 Å². The highest BCUT2D eigenvalue weighted by molar-refractivity contribution is 6.30. The third-order valence-corrected chi connectivity index (χ3v) is 4.52. The summed E-state index contributed by atoms with van der Waals surface area (Å²) in [4.78, 5) is 28.0. The van der Waals surface area contributed by atoms with Crippen molar-refractivity contribution in [2.45, 2.75) is 31.7 Å². The number of carbonyl (C=O) groups is 2. The normalized spacial score (nSPS) is 17.7. The average molecular weight is 352 g/mol. The monoisotopic (exact) mass is 351 g/mol.